The average Bonchev–Trinajstić information content (AvgIpc) is 2.80. The van der Waals surface area contributed by atoms with Crippen molar-refractivity contribution >= 4 is 21.8 Å². The maximum atomic E-state index is 13.2. The number of amides is 2. The molecule has 0 spiro atoms. The first-order chi connectivity index (χ1) is 15.7. The standard InChI is InChI=1S/C25H35N3O4S/c1-5-6-17-26-25(30)21(3)28(18-16-22-10-8-7-9-11-22)24(29)19-27(4)33(31,32)23-14-12-20(2)13-15-23/h7-15,21H,5-6,16-19H2,1-4H3,(H,26,30)/t21-/m1/s1. The molecular formula is C25H35N3O4S. The van der Waals surface area contributed by atoms with Crippen LogP contribution in [0.15, 0.2) is 59.5 Å². The fourth-order valence-electron chi connectivity index (χ4n) is 3.36. The van der Waals surface area contributed by atoms with Crippen LogP contribution in [0.5, 0.6) is 0 Å². The van der Waals surface area contributed by atoms with E-state index in [4.69, 9.17) is 0 Å². The molecule has 0 bridgehead atoms. The number of carbonyl (C=O) groups excluding carboxylic acids is 2. The van der Waals surface area contributed by atoms with Gasteiger partial charge in [-0.2, -0.15) is 4.31 Å². The van der Waals surface area contributed by atoms with Gasteiger partial charge in [0.2, 0.25) is 21.8 Å². The van der Waals surface area contributed by atoms with E-state index in [2.05, 4.69) is 5.32 Å². The molecule has 0 radical (unpaired) electrons. The molecule has 0 aromatic heterocycles. The number of sulfonamides is 1. The second-order valence-corrected chi connectivity index (χ2v) is 10.3. The van der Waals surface area contributed by atoms with Crippen LogP contribution in [0.25, 0.3) is 0 Å². The minimum atomic E-state index is -3.83. The Balaban J connectivity index is 2.16. The number of carbonyl (C=O) groups is 2. The Labute approximate surface area is 197 Å². The summed E-state index contributed by atoms with van der Waals surface area (Å²) in [6.07, 6.45) is 2.37. The van der Waals surface area contributed by atoms with E-state index in [1.807, 2.05) is 44.2 Å². The van der Waals surface area contributed by atoms with Gasteiger partial charge in [0.05, 0.1) is 11.4 Å². The highest BCUT2D eigenvalue weighted by Gasteiger charge is 2.29. The van der Waals surface area contributed by atoms with E-state index in [1.54, 1.807) is 19.1 Å². The lowest BCUT2D eigenvalue weighted by atomic mass is 10.1. The number of nitrogens with zero attached hydrogens (tertiary/aromatic N) is 2. The van der Waals surface area contributed by atoms with Crippen molar-refractivity contribution in [3.63, 3.8) is 0 Å². The SMILES string of the molecule is CCCCNC(=O)[C@@H](C)N(CCc1ccccc1)C(=O)CN(C)S(=O)(=O)c1ccc(C)cc1. The molecule has 1 N–H and O–H groups in total. The first kappa shape index (κ1) is 26.5. The van der Waals surface area contributed by atoms with Crippen molar-refractivity contribution in [1.29, 1.82) is 0 Å². The van der Waals surface area contributed by atoms with E-state index < -0.39 is 22.0 Å². The van der Waals surface area contributed by atoms with Gasteiger partial charge in [-0.3, -0.25) is 9.59 Å². The number of hydrogen-bond acceptors (Lipinski definition) is 4. The van der Waals surface area contributed by atoms with E-state index >= 15 is 0 Å². The normalized spacial score (nSPS) is 12.4. The highest BCUT2D eigenvalue weighted by Crippen LogP contribution is 2.16. The van der Waals surface area contributed by atoms with E-state index in [1.165, 1.54) is 24.1 Å². The van der Waals surface area contributed by atoms with Crippen molar-refractivity contribution in [3.8, 4) is 0 Å². The van der Waals surface area contributed by atoms with Gasteiger partial charge in [-0.25, -0.2) is 8.42 Å². The molecule has 0 aliphatic heterocycles. The van der Waals surface area contributed by atoms with Crippen LogP contribution in [-0.2, 0) is 26.0 Å². The molecule has 33 heavy (non-hydrogen) atoms. The molecule has 0 unspecified atom stereocenters. The van der Waals surface area contributed by atoms with Crippen LogP contribution in [0.1, 0.15) is 37.8 Å². The minimum absolute atomic E-state index is 0.129. The monoisotopic (exact) mass is 473 g/mol. The molecular weight excluding hydrogens is 438 g/mol. The molecule has 2 rings (SSSR count). The number of rotatable bonds is 12. The fourth-order valence-corrected chi connectivity index (χ4v) is 4.48. The lowest BCUT2D eigenvalue weighted by molar-refractivity contribution is -0.139. The summed E-state index contributed by atoms with van der Waals surface area (Å²) in [5.74, 6) is -0.656. The van der Waals surface area contributed by atoms with Crippen LogP contribution in [-0.4, -0.2) is 62.2 Å². The molecule has 2 aromatic rings. The van der Waals surface area contributed by atoms with Crippen LogP contribution >= 0.6 is 0 Å². The van der Waals surface area contributed by atoms with Crippen LogP contribution < -0.4 is 5.32 Å². The summed E-state index contributed by atoms with van der Waals surface area (Å²) in [5.41, 5.74) is 1.98. The van der Waals surface area contributed by atoms with E-state index in [0.717, 1.165) is 28.3 Å². The Morgan fingerprint density at radius 2 is 1.67 bits per heavy atom. The largest absolute Gasteiger partial charge is 0.354 e. The van der Waals surface area contributed by atoms with E-state index in [9.17, 15) is 18.0 Å². The van der Waals surface area contributed by atoms with Crippen molar-refractivity contribution in [1.82, 2.24) is 14.5 Å². The van der Waals surface area contributed by atoms with Gasteiger partial charge in [0, 0.05) is 20.1 Å². The summed E-state index contributed by atoms with van der Waals surface area (Å²) < 4.78 is 26.9. The predicted octanol–water partition coefficient (Wildman–Crippen LogP) is 2.99. The number of likely N-dealkylation sites (N-methyl/N-ethyl adjacent to an activating group) is 1. The molecule has 7 nitrogen and oxygen atoms in total. The fraction of sp³-hybridized carbons (Fsp3) is 0.440. The first-order valence-electron chi connectivity index (χ1n) is 11.3. The quantitative estimate of drug-likeness (QED) is 0.480. The Morgan fingerprint density at radius 1 is 1.03 bits per heavy atom. The van der Waals surface area contributed by atoms with Gasteiger partial charge in [-0.1, -0.05) is 61.4 Å². The molecule has 0 aliphatic rings. The lowest BCUT2D eigenvalue weighted by Gasteiger charge is -2.30. The smallest absolute Gasteiger partial charge is 0.243 e. The Morgan fingerprint density at radius 3 is 2.27 bits per heavy atom. The maximum Gasteiger partial charge on any atom is 0.243 e. The van der Waals surface area contributed by atoms with Gasteiger partial charge in [0.1, 0.15) is 6.04 Å². The minimum Gasteiger partial charge on any atom is -0.354 e. The number of hydrogen-bond donors (Lipinski definition) is 1. The van der Waals surface area contributed by atoms with Gasteiger partial charge in [0.25, 0.3) is 0 Å². The third-order valence-corrected chi connectivity index (χ3v) is 7.39. The van der Waals surface area contributed by atoms with Gasteiger partial charge in [-0.05, 0) is 44.4 Å². The van der Waals surface area contributed by atoms with Gasteiger partial charge in [0.15, 0.2) is 0 Å². The van der Waals surface area contributed by atoms with Crippen molar-refractivity contribution in [2.45, 2.75) is 51.0 Å². The highest BCUT2D eigenvalue weighted by atomic mass is 32.2. The molecule has 0 aliphatic carbocycles. The molecule has 0 fully saturated rings. The topological polar surface area (TPSA) is 86.8 Å². The van der Waals surface area contributed by atoms with Crippen molar-refractivity contribution < 1.29 is 18.0 Å². The van der Waals surface area contributed by atoms with Gasteiger partial charge < -0.3 is 10.2 Å². The van der Waals surface area contributed by atoms with Gasteiger partial charge in [-0.15, -0.1) is 0 Å². The van der Waals surface area contributed by atoms with Crippen LogP contribution in [0, 0.1) is 6.92 Å². The second kappa shape index (κ2) is 12.5. The molecule has 0 saturated heterocycles. The Hall–Kier alpha value is -2.71. The van der Waals surface area contributed by atoms with Crippen LogP contribution in [0.3, 0.4) is 0 Å². The van der Waals surface area contributed by atoms with Crippen molar-refractivity contribution in [2.24, 2.45) is 0 Å². The highest BCUT2D eigenvalue weighted by molar-refractivity contribution is 7.89. The molecule has 8 heteroatoms. The molecule has 1 atom stereocenters. The summed E-state index contributed by atoms with van der Waals surface area (Å²) in [5, 5.41) is 2.87. The Bertz CT molecular complexity index is 1010. The predicted molar refractivity (Wildman–Crippen MR) is 130 cm³/mol. The molecule has 0 saturated carbocycles. The number of benzene rings is 2. The zero-order valence-electron chi connectivity index (χ0n) is 20.0. The zero-order valence-corrected chi connectivity index (χ0v) is 20.8. The van der Waals surface area contributed by atoms with Crippen molar-refractivity contribution in [2.75, 3.05) is 26.7 Å². The number of unbranched alkanes of at least 4 members (excludes halogenated alkanes) is 1. The third-order valence-electron chi connectivity index (χ3n) is 5.57. The molecule has 180 valence electrons. The van der Waals surface area contributed by atoms with Crippen molar-refractivity contribution in [3.05, 3.63) is 65.7 Å². The zero-order chi connectivity index (χ0) is 24.4. The summed E-state index contributed by atoms with van der Waals surface area (Å²) in [6.45, 7) is 6.10. The molecule has 2 amide bonds. The molecule has 0 heterocycles. The summed E-state index contributed by atoms with van der Waals surface area (Å²) in [4.78, 5) is 27.5. The maximum absolute atomic E-state index is 13.2. The lowest BCUT2D eigenvalue weighted by Crippen LogP contribution is -2.51. The number of aryl methyl sites for hydroxylation is 1. The van der Waals surface area contributed by atoms with Crippen LogP contribution in [0.4, 0.5) is 0 Å². The van der Waals surface area contributed by atoms with E-state index in [-0.39, 0.29) is 17.3 Å². The summed E-state index contributed by atoms with van der Waals surface area (Å²) in [7, 11) is -2.45. The average molecular weight is 474 g/mol. The number of nitrogens with one attached hydrogen (secondary N) is 1. The van der Waals surface area contributed by atoms with Crippen LogP contribution in [0.2, 0.25) is 0 Å². The Kier molecular flexibility index (Phi) is 10.1. The van der Waals surface area contributed by atoms with Gasteiger partial charge >= 0.3 is 0 Å². The molecule has 2 aromatic carbocycles. The summed E-state index contributed by atoms with van der Waals surface area (Å²) >= 11 is 0. The van der Waals surface area contributed by atoms with E-state index in [0.29, 0.717) is 19.5 Å². The first-order valence-corrected chi connectivity index (χ1v) is 12.7. The third kappa shape index (κ3) is 7.68. The summed E-state index contributed by atoms with van der Waals surface area (Å²) in [6, 6.07) is 15.5. The second-order valence-electron chi connectivity index (χ2n) is 8.22.